The van der Waals surface area contributed by atoms with Crippen LogP contribution in [-0.2, 0) is 14.3 Å². The van der Waals surface area contributed by atoms with E-state index in [9.17, 15) is 18.4 Å². The SMILES string of the molecule is CC1(C)CN(CC(=O)N2CCC(F)(F)CC2)[C@H](C(=O)Nc2cc(Cl)cc3c2[nH]c2cnccc23)CO1. The number of morpholine rings is 1. The molecule has 3 aromatic rings. The van der Waals surface area contributed by atoms with Crippen LogP contribution in [0.3, 0.4) is 0 Å². The minimum Gasteiger partial charge on any atom is -0.372 e. The fourth-order valence-electron chi connectivity index (χ4n) is 4.95. The number of pyridine rings is 1. The maximum atomic E-state index is 13.6. The number of halogens is 3. The van der Waals surface area contributed by atoms with Crippen molar-refractivity contribution in [1.29, 1.82) is 0 Å². The van der Waals surface area contributed by atoms with E-state index >= 15 is 0 Å². The van der Waals surface area contributed by atoms with Crippen LogP contribution in [-0.4, -0.2) is 81.9 Å². The molecule has 5 rings (SSSR count). The van der Waals surface area contributed by atoms with Crippen LogP contribution in [0.2, 0.25) is 5.02 Å². The molecule has 0 radical (unpaired) electrons. The van der Waals surface area contributed by atoms with Crippen molar-refractivity contribution < 1.29 is 23.1 Å². The van der Waals surface area contributed by atoms with Crippen LogP contribution >= 0.6 is 11.6 Å². The molecule has 4 heterocycles. The molecule has 2 saturated heterocycles. The molecule has 192 valence electrons. The number of ether oxygens (including phenoxy) is 1. The summed E-state index contributed by atoms with van der Waals surface area (Å²) in [7, 11) is 0. The number of likely N-dealkylation sites (tertiary alicyclic amines) is 1. The van der Waals surface area contributed by atoms with Gasteiger partial charge in [-0.1, -0.05) is 11.6 Å². The third-order valence-electron chi connectivity index (χ3n) is 6.88. The van der Waals surface area contributed by atoms with Crippen LogP contribution in [0, 0.1) is 0 Å². The summed E-state index contributed by atoms with van der Waals surface area (Å²) in [4.78, 5) is 37.1. The Hall–Kier alpha value is -2.82. The Morgan fingerprint density at radius 3 is 2.75 bits per heavy atom. The van der Waals surface area contributed by atoms with Gasteiger partial charge in [0, 0.05) is 54.5 Å². The van der Waals surface area contributed by atoms with E-state index in [2.05, 4.69) is 15.3 Å². The lowest BCUT2D eigenvalue weighted by molar-refractivity contribution is -0.152. The number of nitrogens with one attached hydrogen (secondary N) is 2. The zero-order chi connectivity index (χ0) is 25.7. The first-order valence-electron chi connectivity index (χ1n) is 11.9. The van der Waals surface area contributed by atoms with Crippen molar-refractivity contribution in [2.75, 3.05) is 38.1 Å². The summed E-state index contributed by atoms with van der Waals surface area (Å²) < 4.78 is 33.0. The lowest BCUT2D eigenvalue weighted by Crippen LogP contribution is -2.60. The number of hydrogen-bond acceptors (Lipinski definition) is 5. The predicted octanol–water partition coefficient (Wildman–Crippen LogP) is 4.05. The first-order valence-corrected chi connectivity index (χ1v) is 12.3. The maximum Gasteiger partial charge on any atom is 0.251 e. The summed E-state index contributed by atoms with van der Waals surface area (Å²) in [6.45, 7) is 4.16. The standard InChI is InChI=1S/C25H28ClF2N5O3/c1-24(2)14-33(12-21(34)32-7-4-25(27,28)5-8-32)20(13-36-24)23(35)31-18-10-15(26)9-17-16-3-6-29-11-19(16)30-22(17)18/h3,6,9-11,20,30H,4-5,7-8,12-14H2,1-2H3,(H,31,35)/t20-/m0/s1. The number of aromatic nitrogens is 2. The van der Waals surface area contributed by atoms with Crippen LogP contribution in [0.4, 0.5) is 14.5 Å². The molecule has 0 bridgehead atoms. The highest BCUT2D eigenvalue weighted by Gasteiger charge is 2.41. The van der Waals surface area contributed by atoms with E-state index < -0.39 is 17.6 Å². The molecule has 8 nitrogen and oxygen atoms in total. The van der Waals surface area contributed by atoms with Crippen LogP contribution in [0.1, 0.15) is 26.7 Å². The normalized spacial score (nSPS) is 22.1. The molecule has 2 aromatic heterocycles. The fourth-order valence-corrected chi connectivity index (χ4v) is 5.17. The number of carbonyl (C=O) groups is 2. The van der Waals surface area contributed by atoms with Gasteiger partial charge in [0.1, 0.15) is 6.04 Å². The van der Waals surface area contributed by atoms with Crippen molar-refractivity contribution in [3.8, 4) is 0 Å². The van der Waals surface area contributed by atoms with E-state index in [1.165, 1.54) is 4.90 Å². The van der Waals surface area contributed by atoms with Crippen molar-refractivity contribution in [1.82, 2.24) is 19.8 Å². The monoisotopic (exact) mass is 519 g/mol. The predicted molar refractivity (Wildman–Crippen MR) is 133 cm³/mol. The van der Waals surface area contributed by atoms with Crippen LogP contribution < -0.4 is 5.32 Å². The topological polar surface area (TPSA) is 90.6 Å². The van der Waals surface area contributed by atoms with E-state index in [1.54, 1.807) is 23.4 Å². The highest BCUT2D eigenvalue weighted by Crippen LogP contribution is 2.34. The smallest absolute Gasteiger partial charge is 0.251 e. The first kappa shape index (κ1) is 24.9. The van der Waals surface area contributed by atoms with Gasteiger partial charge in [0.25, 0.3) is 5.92 Å². The number of anilines is 1. The van der Waals surface area contributed by atoms with Gasteiger partial charge in [0.15, 0.2) is 0 Å². The third kappa shape index (κ3) is 5.02. The van der Waals surface area contributed by atoms with Gasteiger partial charge in [-0.05, 0) is 32.0 Å². The molecule has 1 aromatic carbocycles. The number of alkyl halides is 2. The number of hydrogen-bond donors (Lipinski definition) is 2. The molecular weight excluding hydrogens is 492 g/mol. The molecule has 2 amide bonds. The lowest BCUT2D eigenvalue weighted by atomic mass is 10.0. The van der Waals surface area contributed by atoms with Gasteiger partial charge in [0.05, 0.1) is 41.7 Å². The van der Waals surface area contributed by atoms with Gasteiger partial charge in [0.2, 0.25) is 11.8 Å². The van der Waals surface area contributed by atoms with Crippen molar-refractivity contribution in [2.24, 2.45) is 0 Å². The molecule has 0 saturated carbocycles. The number of H-pyrrole nitrogens is 1. The number of rotatable bonds is 4. The molecular formula is C25H28ClF2N5O3. The van der Waals surface area contributed by atoms with Crippen LogP contribution in [0.5, 0.6) is 0 Å². The molecule has 0 spiro atoms. The number of benzene rings is 1. The third-order valence-corrected chi connectivity index (χ3v) is 7.10. The number of nitrogens with zero attached hydrogens (tertiary/aromatic N) is 3. The zero-order valence-electron chi connectivity index (χ0n) is 20.1. The minimum absolute atomic E-state index is 0.00612. The second-order valence-electron chi connectivity index (χ2n) is 10.1. The second kappa shape index (κ2) is 9.24. The van der Waals surface area contributed by atoms with Crippen molar-refractivity contribution in [3.05, 3.63) is 35.6 Å². The summed E-state index contributed by atoms with van der Waals surface area (Å²) in [6, 6.07) is 4.62. The fraction of sp³-hybridized carbons (Fsp3) is 0.480. The summed E-state index contributed by atoms with van der Waals surface area (Å²) in [5.74, 6) is -3.35. The average molecular weight is 520 g/mol. The van der Waals surface area contributed by atoms with Gasteiger partial charge in [-0.2, -0.15) is 0 Å². The number of piperidine rings is 1. The lowest BCUT2D eigenvalue weighted by Gasteiger charge is -2.43. The molecule has 0 aliphatic carbocycles. The van der Waals surface area contributed by atoms with E-state index in [-0.39, 0.29) is 50.9 Å². The summed E-state index contributed by atoms with van der Waals surface area (Å²) in [6.07, 6.45) is 2.70. The molecule has 36 heavy (non-hydrogen) atoms. The Bertz CT molecular complexity index is 1320. The summed E-state index contributed by atoms with van der Waals surface area (Å²) in [5.41, 5.74) is 1.46. The van der Waals surface area contributed by atoms with Gasteiger partial charge >= 0.3 is 0 Å². The first-order chi connectivity index (χ1) is 17.0. The zero-order valence-corrected chi connectivity index (χ0v) is 20.9. The van der Waals surface area contributed by atoms with Crippen molar-refractivity contribution in [3.63, 3.8) is 0 Å². The Labute approximate surface area is 211 Å². The molecule has 2 fully saturated rings. The highest BCUT2D eigenvalue weighted by molar-refractivity contribution is 6.33. The molecule has 1 atom stereocenters. The molecule has 11 heteroatoms. The highest BCUT2D eigenvalue weighted by atomic mass is 35.5. The van der Waals surface area contributed by atoms with E-state index in [1.807, 2.05) is 26.0 Å². The number of amides is 2. The van der Waals surface area contributed by atoms with Crippen molar-refractivity contribution >= 4 is 50.9 Å². The molecule has 2 N–H and O–H groups in total. The van der Waals surface area contributed by atoms with Crippen molar-refractivity contribution in [2.45, 2.75) is 44.3 Å². The summed E-state index contributed by atoms with van der Waals surface area (Å²) >= 11 is 6.37. The quantitative estimate of drug-likeness (QED) is 0.543. The largest absolute Gasteiger partial charge is 0.372 e. The van der Waals surface area contributed by atoms with Gasteiger partial charge in [-0.3, -0.25) is 19.5 Å². The van der Waals surface area contributed by atoms with Crippen LogP contribution in [0.15, 0.2) is 30.6 Å². The molecule has 2 aliphatic rings. The number of fused-ring (bicyclic) bond motifs is 3. The van der Waals surface area contributed by atoms with E-state index in [0.29, 0.717) is 22.8 Å². The van der Waals surface area contributed by atoms with E-state index in [4.69, 9.17) is 16.3 Å². The average Bonchev–Trinajstić information content (AvgIpc) is 3.17. The second-order valence-corrected chi connectivity index (χ2v) is 10.6. The van der Waals surface area contributed by atoms with Crippen LogP contribution in [0.25, 0.3) is 21.8 Å². The Morgan fingerprint density at radius 1 is 1.25 bits per heavy atom. The van der Waals surface area contributed by atoms with E-state index in [0.717, 1.165) is 16.3 Å². The van der Waals surface area contributed by atoms with Gasteiger partial charge < -0.3 is 19.9 Å². The summed E-state index contributed by atoms with van der Waals surface area (Å²) in [5, 5.41) is 5.20. The van der Waals surface area contributed by atoms with Gasteiger partial charge in [-0.15, -0.1) is 0 Å². The Morgan fingerprint density at radius 2 is 2.00 bits per heavy atom. The molecule has 0 unspecified atom stereocenters. The number of carbonyl (C=O) groups excluding carboxylic acids is 2. The minimum atomic E-state index is -2.73. The van der Waals surface area contributed by atoms with Gasteiger partial charge in [-0.25, -0.2) is 8.78 Å². The Kier molecular flexibility index (Phi) is 6.38. The number of aromatic amines is 1. The Balaban J connectivity index is 1.37. The molecule has 2 aliphatic heterocycles. The maximum absolute atomic E-state index is 13.6.